The van der Waals surface area contributed by atoms with Gasteiger partial charge in [-0.1, -0.05) is 12.1 Å². The normalized spacial score (nSPS) is 18.8. The summed E-state index contributed by atoms with van der Waals surface area (Å²) in [5.41, 5.74) is 0.751. The predicted molar refractivity (Wildman–Crippen MR) is 80.3 cm³/mol. The molecule has 0 aliphatic carbocycles. The van der Waals surface area contributed by atoms with Crippen LogP contribution in [0, 0.1) is 5.82 Å². The van der Waals surface area contributed by atoms with Crippen molar-refractivity contribution in [1.29, 1.82) is 0 Å². The molecule has 1 heterocycles. The Morgan fingerprint density at radius 1 is 1.38 bits per heavy atom. The zero-order chi connectivity index (χ0) is 15.2. The van der Waals surface area contributed by atoms with Crippen LogP contribution in [0.1, 0.15) is 5.56 Å². The fourth-order valence-electron chi connectivity index (χ4n) is 1.97. The van der Waals surface area contributed by atoms with E-state index < -0.39 is 0 Å². The average Bonchev–Trinajstić information content (AvgIpc) is 2.53. The highest BCUT2D eigenvalue weighted by Gasteiger charge is 2.28. The highest BCUT2D eigenvalue weighted by atomic mass is 32.2. The van der Waals surface area contributed by atoms with Gasteiger partial charge < -0.3 is 9.64 Å². The molecule has 0 N–H and O–H groups in total. The van der Waals surface area contributed by atoms with E-state index in [4.69, 9.17) is 4.74 Å². The standard InChI is InChI=1S/C15H16FNO3S/c1-20-15(19)13-10-17(8-9-21-13)14(18)7-4-11-2-5-12(16)6-3-11/h2-7,13H,8-10H2,1H3/b7-4+/t13-/m0/s1. The van der Waals surface area contributed by atoms with Crippen LogP contribution in [0.5, 0.6) is 0 Å². The molecule has 2 rings (SSSR count). The maximum atomic E-state index is 12.8. The lowest BCUT2D eigenvalue weighted by Crippen LogP contribution is -2.44. The number of nitrogens with zero attached hydrogens (tertiary/aromatic N) is 1. The Balaban J connectivity index is 1.96. The molecule has 1 aliphatic heterocycles. The zero-order valence-electron chi connectivity index (χ0n) is 11.6. The van der Waals surface area contributed by atoms with Crippen LogP contribution < -0.4 is 0 Å². The molecule has 1 aromatic rings. The number of halogens is 1. The summed E-state index contributed by atoms with van der Waals surface area (Å²) in [4.78, 5) is 25.2. The third kappa shape index (κ3) is 4.32. The number of carbonyl (C=O) groups excluding carboxylic acids is 2. The third-order valence-corrected chi connectivity index (χ3v) is 4.29. The Labute approximate surface area is 127 Å². The van der Waals surface area contributed by atoms with Crippen molar-refractivity contribution in [3.8, 4) is 0 Å². The number of benzene rings is 1. The van der Waals surface area contributed by atoms with E-state index in [1.54, 1.807) is 23.1 Å². The van der Waals surface area contributed by atoms with Crippen molar-refractivity contribution in [2.75, 3.05) is 26.0 Å². The molecule has 112 valence electrons. The van der Waals surface area contributed by atoms with Crippen LogP contribution in [-0.2, 0) is 14.3 Å². The number of hydrogen-bond acceptors (Lipinski definition) is 4. The molecule has 1 amide bonds. The number of ether oxygens (including phenoxy) is 1. The maximum Gasteiger partial charge on any atom is 0.320 e. The fraction of sp³-hybridized carbons (Fsp3) is 0.333. The SMILES string of the molecule is COC(=O)[C@@H]1CN(C(=O)/C=C/c2ccc(F)cc2)CCS1. The van der Waals surface area contributed by atoms with Crippen molar-refractivity contribution >= 4 is 29.7 Å². The molecule has 1 saturated heterocycles. The molecule has 0 bridgehead atoms. The molecule has 0 saturated carbocycles. The van der Waals surface area contributed by atoms with Crippen molar-refractivity contribution < 1.29 is 18.7 Å². The molecule has 1 aromatic carbocycles. The van der Waals surface area contributed by atoms with Gasteiger partial charge in [0.2, 0.25) is 5.91 Å². The van der Waals surface area contributed by atoms with Gasteiger partial charge >= 0.3 is 5.97 Å². The van der Waals surface area contributed by atoms with Crippen molar-refractivity contribution in [3.63, 3.8) is 0 Å². The van der Waals surface area contributed by atoms with Crippen LogP contribution >= 0.6 is 11.8 Å². The first-order valence-electron chi connectivity index (χ1n) is 6.52. The molecule has 1 aliphatic rings. The summed E-state index contributed by atoms with van der Waals surface area (Å²) in [6.45, 7) is 0.953. The van der Waals surface area contributed by atoms with E-state index in [9.17, 15) is 14.0 Å². The van der Waals surface area contributed by atoms with Crippen LogP contribution in [0.2, 0.25) is 0 Å². The highest BCUT2D eigenvalue weighted by Crippen LogP contribution is 2.20. The van der Waals surface area contributed by atoms with Gasteiger partial charge in [0.05, 0.1) is 7.11 Å². The molecule has 0 radical (unpaired) electrons. The van der Waals surface area contributed by atoms with Gasteiger partial charge in [-0.25, -0.2) is 4.39 Å². The number of methoxy groups -OCH3 is 1. The van der Waals surface area contributed by atoms with E-state index in [0.29, 0.717) is 18.8 Å². The number of hydrogen-bond donors (Lipinski definition) is 0. The molecule has 21 heavy (non-hydrogen) atoms. The fourth-order valence-corrected chi connectivity index (χ4v) is 3.10. The molecule has 1 fully saturated rings. The minimum Gasteiger partial charge on any atom is -0.468 e. The lowest BCUT2D eigenvalue weighted by atomic mass is 10.2. The summed E-state index contributed by atoms with van der Waals surface area (Å²) in [6, 6.07) is 5.88. The van der Waals surface area contributed by atoms with Crippen LogP contribution in [0.3, 0.4) is 0 Å². The van der Waals surface area contributed by atoms with Gasteiger partial charge in [0.25, 0.3) is 0 Å². The van der Waals surface area contributed by atoms with E-state index in [1.165, 1.54) is 37.1 Å². The number of esters is 1. The van der Waals surface area contributed by atoms with Crippen molar-refractivity contribution in [2.45, 2.75) is 5.25 Å². The molecule has 6 heteroatoms. The third-order valence-electron chi connectivity index (χ3n) is 3.13. The van der Waals surface area contributed by atoms with Gasteiger partial charge in [-0.2, -0.15) is 0 Å². The first-order valence-corrected chi connectivity index (χ1v) is 7.57. The van der Waals surface area contributed by atoms with Gasteiger partial charge in [0, 0.05) is 24.9 Å². The summed E-state index contributed by atoms with van der Waals surface area (Å²) >= 11 is 1.50. The quantitative estimate of drug-likeness (QED) is 0.632. The molecular weight excluding hydrogens is 293 g/mol. The van der Waals surface area contributed by atoms with Gasteiger partial charge in [-0.3, -0.25) is 9.59 Å². The summed E-state index contributed by atoms with van der Waals surface area (Å²) in [7, 11) is 1.35. The second kappa shape index (κ2) is 7.26. The molecule has 0 aromatic heterocycles. The molecule has 0 spiro atoms. The first kappa shape index (κ1) is 15.6. The van der Waals surface area contributed by atoms with Gasteiger partial charge in [0.15, 0.2) is 0 Å². The topological polar surface area (TPSA) is 46.6 Å². The minimum absolute atomic E-state index is 0.159. The largest absolute Gasteiger partial charge is 0.468 e. The van der Waals surface area contributed by atoms with Crippen molar-refractivity contribution in [2.24, 2.45) is 0 Å². The predicted octanol–water partition coefficient (Wildman–Crippen LogP) is 1.96. The summed E-state index contributed by atoms with van der Waals surface area (Å²) in [6.07, 6.45) is 3.08. The Hall–Kier alpha value is -1.82. The summed E-state index contributed by atoms with van der Waals surface area (Å²) < 4.78 is 17.5. The van der Waals surface area contributed by atoms with E-state index in [2.05, 4.69) is 0 Å². The number of amides is 1. The lowest BCUT2D eigenvalue weighted by molar-refractivity contribution is -0.140. The average molecular weight is 309 g/mol. The highest BCUT2D eigenvalue weighted by molar-refractivity contribution is 8.00. The van der Waals surface area contributed by atoms with Crippen LogP contribution in [-0.4, -0.2) is 48.0 Å². The Morgan fingerprint density at radius 3 is 2.76 bits per heavy atom. The van der Waals surface area contributed by atoms with Gasteiger partial charge in [-0.05, 0) is 23.8 Å². The van der Waals surface area contributed by atoms with E-state index in [1.807, 2.05) is 0 Å². The molecule has 4 nitrogen and oxygen atoms in total. The number of rotatable bonds is 3. The second-order valence-corrected chi connectivity index (χ2v) is 5.86. The Morgan fingerprint density at radius 2 is 2.10 bits per heavy atom. The minimum atomic E-state index is -0.327. The lowest BCUT2D eigenvalue weighted by Gasteiger charge is -2.30. The molecular formula is C15H16FNO3S. The molecule has 0 unspecified atom stereocenters. The zero-order valence-corrected chi connectivity index (χ0v) is 12.4. The van der Waals surface area contributed by atoms with Crippen molar-refractivity contribution in [1.82, 2.24) is 4.90 Å². The second-order valence-electron chi connectivity index (χ2n) is 4.55. The van der Waals surface area contributed by atoms with Crippen LogP contribution in [0.25, 0.3) is 6.08 Å². The van der Waals surface area contributed by atoms with E-state index in [-0.39, 0.29) is 22.9 Å². The Kier molecular flexibility index (Phi) is 5.38. The number of thioether (sulfide) groups is 1. The van der Waals surface area contributed by atoms with Crippen LogP contribution in [0.15, 0.2) is 30.3 Å². The van der Waals surface area contributed by atoms with Gasteiger partial charge in [0.1, 0.15) is 11.1 Å². The van der Waals surface area contributed by atoms with Crippen LogP contribution in [0.4, 0.5) is 4.39 Å². The summed E-state index contributed by atoms with van der Waals surface area (Å²) in [5.74, 6) is -0.0726. The smallest absolute Gasteiger partial charge is 0.320 e. The van der Waals surface area contributed by atoms with Gasteiger partial charge in [-0.15, -0.1) is 11.8 Å². The van der Waals surface area contributed by atoms with E-state index >= 15 is 0 Å². The summed E-state index contributed by atoms with van der Waals surface area (Å²) in [5, 5.41) is -0.327. The monoisotopic (exact) mass is 309 g/mol. The van der Waals surface area contributed by atoms with Crippen molar-refractivity contribution in [3.05, 3.63) is 41.7 Å². The van der Waals surface area contributed by atoms with E-state index in [0.717, 1.165) is 5.56 Å². The maximum absolute atomic E-state index is 12.8. The number of carbonyl (C=O) groups is 2. The Bertz CT molecular complexity index is 544. The first-order chi connectivity index (χ1) is 10.1. The molecule has 1 atom stereocenters.